The highest BCUT2D eigenvalue weighted by atomic mass is 16.4. The summed E-state index contributed by atoms with van der Waals surface area (Å²) in [5.74, 6) is 0. The SMILES string of the molecule is CNN=C(C=NO)C=NO. The number of nitrogens with one attached hydrogen (secondary N) is 1. The highest BCUT2D eigenvalue weighted by molar-refractivity contribution is 6.55. The first-order valence-corrected chi connectivity index (χ1v) is 2.44. The van der Waals surface area contributed by atoms with Crippen LogP contribution in [0.1, 0.15) is 0 Å². The molecule has 0 aromatic heterocycles. The summed E-state index contributed by atoms with van der Waals surface area (Å²) in [6.07, 6.45) is 2.05. The quantitative estimate of drug-likeness (QED) is 0.283. The van der Waals surface area contributed by atoms with Gasteiger partial charge in [0, 0.05) is 7.05 Å². The van der Waals surface area contributed by atoms with Gasteiger partial charge in [-0.05, 0) is 0 Å². The number of oxime groups is 2. The van der Waals surface area contributed by atoms with E-state index in [9.17, 15) is 0 Å². The number of nitrogens with zero attached hydrogens (tertiary/aromatic N) is 3. The third-order valence-corrected chi connectivity index (χ3v) is 0.621. The molecule has 0 atom stereocenters. The molecule has 10 heavy (non-hydrogen) atoms. The first-order valence-electron chi connectivity index (χ1n) is 2.44. The van der Waals surface area contributed by atoms with Crippen LogP contribution in [-0.4, -0.2) is 35.6 Å². The normalized spacial score (nSPS) is 10.5. The van der Waals surface area contributed by atoms with Gasteiger partial charge in [0.05, 0.1) is 12.4 Å². The standard InChI is InChI=1S/C4H8N4O2/c1-5-8-4(2-6-9)3-7-10/h2-3,5,9-10H,1H3. The van der Waals surface area contributed by atoms with E-state index in [1.165, 1.54) is 0 Å². The molecule has 6 heteroatoms. The summed E-state index contributed by atoms with van der Waals surface area (Å²) >= 11 is 0. The summed E-state index contributed by atoms with van der Waals surface area (Å²) in [4.78, 5) is 0. The van der Waals surface area contributed by atoms with Gasteiger partial charge in [0.25, 0.3) is 0 Å². The fraction of sp³-hybridized carbons (Fsp3) is 0.250. The van der Waals surface area contributed by atoms with Crippen molar-refractivity contribution in [2.24, 2.45) is 15.4 Å². The van der Waals surface area contributed by atoms with Crippen molar-refractivity contribution in [2.45, 2.75) is 0 Å². The third-order valence-electron chi connectivity index (χ3n) is 0.621. The molecule has 0 spiro atoms. The first kappa shape index (κ1) is 8.41. The van der Waals surface area contributed by atoms with E-state index < -0.39 is 0 Å². The summed E-state index contributed by atoms with van der Waals surface area (Å²) in [6.45, 7) is 0. The van der Waals surface area contributed by atoms with Crippen LogP contribution in [0, 0.1) is 0 Å². The van der Waals surface area contributed by atoms with E-state index in [0.717, 1.165) is 12.4 Å². The fourth-order valence-corrected chi connectivity index (χ4v) is 0.338. The lowest BCUT2D eigenvalue weighted by Crippen LogP contribution is -2.08. The van der Waals surface area contributed by atoms with Gasteiger partial charge in [-0.1, -0.05) is 10.3 Å². The maximum Gasteiger partial charge on any atom is 0.126 e. The van der Waals surface area contributed by atoms with Crippen molar-refractivity contribution in [3.8, 4) is 0 Å². The van der Waals surface area contributed by atoms with Gasteiger partial charge in [-0.25, -0.2) is 0 Å². The van der Waals surface area contributed by atoms with Gasteiger partial charge in [-0.3, -0.25) is 0 Å². The topological polar surface area (TPSA) is 89.6 Å². The third kappa shape index (κ3) is 3.42. The molecule has 0 saturated carbocycles. The molecule has 0 aliphatic heterocycles. The van der Waals surface area contributed by atoms with Crippen molar-refractivity contribution < 1.29 is 10.4 Å². The average molecular weight is 144 g/mol. The Kier molecular flexibility index (Phi) is 4.66. The molecule has 0 aromatic rings. The summed E-state index contributed by atoms with van der Waals surface area (Å²) < 4.78 is 0. The number of hydrazone groups is 1. The molecule has 0 aliphatic rings. The van der Waals surface area contributed by atoms with E-state index >= 15 is 0 Å². The lowest BCUT2D eigenvalue weighted by molar-refractivity contribution is 0.321. The molecule has 0 unspecified atom stereocenters. The van der Waals surface area contributed by atoms with Crippen LogP contribution < -0.4 is 5.43 Å². The van der Waals surface area contributed by atoms with Crippen molar-refractivity contribution in [1.29, 1.82) is 0 Å². The monoisotopic (exact) mass is 144 g/mol. The molecule has 0 aliphatic carbocycles. The van der Waals surface area contributed by atoms with Crippen LogP contribution in [0.5, 0.6) is 0 Å². The van der Waals surface area contributed by atoms with E-state index in [1.54, 1.807) is 7.05 Å². The zero-order chi connectivity index (χ0) is 7.82. The first-order chi connectivity index (χ1) is 4.85. The van der Waals surface area contributed by atoms with Gasteiger partial charge >= 0.3 is 0 Å². The minimum Gasteiger partial charge on any atom is -0.411 e. The lowest BCUT2D eigenvalue weighted by Gasteiger charge is -1.87. The zero-order valence-electron chi connectivity index (χ0n) is 5.39. The van der Waals surface area contributed by atoms with Crippen molar-refractivity contribution >= 4 is 18.1 Å². The average Bonchev–Trinajstić information content (AvgIpc) is 1.90. The summed E-state index contributed by atoms with van der Waals surface area (Å²) in [7, 11) is 1.57. The molecule has 56 valence electrons. The second-order valence-electron chi connectivity index (χ2n) is 1.25. The largest absolute Gasteiger partial charge is 0.411 e. The van der Waals surface area contributed by atoms with Gasteiger partial charge in [-0.15, -0.1) is 0 Å². The van der Waals surface area contributed by atoms with Crippen LogP contribution in [-0.2, 0) is 0 Å². The number of hydrogen-bond donors (Lipinski definition) is 3. The minimum absolute atomic E-state index is 0.215. The summed E-state index contributed by atoms with van der Waals surface area (Å²) in [5.41, 5.74) is 2.64. The molecular weight excluding hydrogens is 136 g/mol. The molecule has 6 nitrogen and oxygen atoms in total. The molecule has 0 fully saturated rings. The van der Waals surface area contributed by atoms with Crippen LogP contribution >= 0.6 is 0 Å². The fourth-order valence-electron chi connectivity index (χ4n) is 0.338. The Hall–Kier alpha value is -1.59. The Balaban J connectivity index is 4.11. The number of hydrogen-bond acceptors (Lipinski definition) is 6. The molecule has 3 N–H and O–H groups in total. The van der Waals surface area contributed by atoms with Crippen LogP contribution in [0.4, 0.5) is 0 Å². The predicted molar refractivity (Wildman–Crippen MR) is 37.1 cm³/mol. The Labute approximate surface area is 57.5 Å². The molecule has 0 bridgehead atoms. The maximum absolute atomic E-state index is 8.01. The van der Waals surface area contributed by atoms with Crippen molar-refractivity contribution in [3.05, 3.63) is 0 Å². The van der Waals surface area contributed by atoms with Crippen molar-refractivity contribution in [2.75, 3.05) is 7.05 Å². The van der Waals surface area contributed by atoms with E-state index in [0.29, 0.717) is 0 Å². The molecule has 0 aromatic carbocycles. The second kappa shape index (κ2) is 5.54. The molecule has 0 rings (SSSR count). The highest BCUT2D eigenvalue weighted by Gasteiger charge is 1.87. The summed E-state index contributed by atoms with van der Waals surface area (Å²) in [6, 6.07) is 0. The zero-order valence-corrected chi connectivity index (χ0v) is 5.39. The van der Waals surface area contributed by atoms with Gasteiger partial charge in [0.2, 0.25) is 0 Å². The van der Waals surface area contributed by atoms with Gasteiger partial charge < -0.3 is 15.8 Å². The number of rotatable bonds is 3. The van der Waals surface area contributed by atoms with Gasteiger partial charge in [0.1, 0.15) is 5.71 Å². The van der Waals surface area contributed by atoms with Crippen LogP contribution in [0.3, 0.4) is 0 Å². The van der Waals surface area contributed by atoms with E-state index in [2.05, 4.69) is 20.8 Å². The van der Waals surface area contributed by atoms with Crippen LogP contribution in [0.25, 0.3) is 0 Å². The smallest absolute Gasteiger partial charge is 0.126 e. The second-order valence-corrected chi connectivity index (χ2v) is 1.25. The molecule has 0 radical (unpaired) electrons. The highest BCUT2D eigenvalue weighted by Crippen LogP contribution is 1.67. The van der Waals surface area contributed by atoms with Crippen molar-refractivity contribution in [3.63, 3.8) is 0 Å². The van der Waals surface area contributed by atoms with Gasteiger partial charge in [-0.2, -0.15) is 5.10 Å². The van der Waals surface area contributed by atoms with E-state index in [-0.39, 0.29) is 5.71 Å². The predicted octanol–water partition coefficient (Wildman–Crippen LogP) is -0.518. The Morgan fingerprint density at radius 3 is 2.10 bits per heavy atom. The summed E-state index contributed by atoms with van der Waals surface area (Å²) in [5, 5.41) is 24.9. The Morgan fingerprint density at radius 2 is 1.80 bits per heavy atom. The Morgan fingerprint density at radius 1 is 1.30 bits per heavy atom. The van der Waals surface area contributed by atoms with E-state index in [4.69, 9.17) is 10.4 Å². The van der Waals surface area contributed by atoms with Crippen LogP contribution in [0.2, 0.25) is 0 Å². The Bertz CT molecular complexity index is 149. The lowest BCUT2D eigenvalue weighted by atomic mass is 10.4. The molecule has 0 amide bonds. The van der Waals surface area contributed by atoms with Crippen LogP contribution in [0.15, 0.2) is 15.4 Å². The minimum atomic E-state index is 0.215. The molecule has 0 saturated heterocycles. The molecule has 0 heterocycles. The van der Waals surface area contributed by atoms with Crippen molar-refractivity contribution in [1.82, 2.24) is 5.43 Å². The molecular formula is C4H8N4O2. The van der Waals surface area contributed by atoms with E-state index in [1.807, 2.05) is 0 Å². The maximum atomic E-state index is 8.01. The van der Waals surface area contributed by atoms with Gasteiger partial charge in [0.15, 0.2) is 0 Å².